The first-order valence-electron chi connectivity index (χ1n) is 7.69. The van der Waals surface area contributed by atoms with Crippen LogP contribution in [0.5, 0.6) is 0 Å². The fraction of sp³-hybridized carbons (Fsp3) is 0.667. The van der Waals surface area contributed by atoms with Crippen LogP contribution in [0.2, 0.25) is 0 Å². The zero-order valence-electron chi connectivity index (χ0n) is 13.2. The van der Waals surface area contributed by atoms with Gasteiger partial charge < -0.3 is 5.32 Å². The zero-order valence-corrected chi connectivity index (χ0v) is 13.2. The molecule has 106 valence electrons. The Balaban J connectivity index is 2.09. The van der Waals surface area contributed by atoms with Gasteiger partial charge in [-0.2, -0.15) is 0 Å². The Morgan fingerprint density at radius 3 is 2.21 bits per heavy atom. The van der Waals surface area contributed by atoms with Crippen molar-refractivity contribution >= 4 is 0 Å². The molecule has 1 atom stereocenters. The molecular weight excluding hydrogens is 230 g/mol. The monoisotopic (exact) mass is 259 g/mol. The van der Waals surface area contributed by atoms with Crippen LogP contribution in [0.25, 0.3) is 0 Å². The smallest absolute Gasteiger partial charge is 0.00684 e. The average Bonchev–Trinajstić information content (AvgIpc) is 3.08. The van der Waals surface area contributed by atoms with Crippen molar-refractivity contribution in [2.45, 2.75) is 59.9 Å². The molecule has 1 nitrogen and oxygen atoms in total. The maximum absolute atomic E-state index is 3.73. The molecule has 1 aromatic carbocycles. The van der Waals surface area contributed by atoms with E-state index in [1.807, 2.05) is 0 Å². The van der Waals surface area contributed by atoms with Crippen molar-refractivity contribution in [3.8, 4) is 0 Å². The van der Waals surface area contributed by atoms with Crippen molar-refractivity contribution in [3.63, 3.8) is 0 Å². The Bertz CT molecular complexity index is 411. The first-order chi connectivity index (χ1) is 8.89. The normalized spacial score (nSPS) is 18.6. The maximum atomic E-state index is 3.73. The highest BCUT2D eigenvalue weighted by molar-refractivity contribution is 5.29. The van der Waals surface area contributed by atoms with E-state index in [2.05, 4.69) is 58.1 Å². The summed E-state index contributed by atoms with van der Waals surface area (Å²) in [6, 6.07) is 7.77. The quantitative estimate of drug-likeness (QED) is 0.805. The van der Waals surface area contributed by atoms with Crippen molar-refractivity contribution < 1.29 is 0 Å². The van der Waals surface area contributed by atoms with Gasteiger partial charge in [-0.15, -0.1) is 0 Å². The molecule has 1 unspecified atom stereocenters. The van der Waals surface area contributed by atoms with E-state index in [1.54, 1.807) is 0 Å². The average molecular weight is 259 g/mol. The predicted molar refractivity (Wildman–Crippen MR) is 83.6 cm³/mol. The first kappa shape index (κ1) is 14.6. The molecule has 2 rings (SSSR count). The second-order valence-corrected chi connectivity index (χ2v) is 7.14. The summed E-state index contributed by atoms with van der Waals surface area (Å²) in [5.41, 5.74) is 4.61. The fourth-order valence-electron chi connectivity index (χ4n) is 2.77. The van der Waals surface area contributed by atoms with Gasteiger partial charge in [-0.3, -0.25) is 0 Å². The van der Waals surface area contributed by atoms with E-state index >= 15 is 0 Å². The lowest BCUT2D eigenvalue weighted by Gasteiger charge is -2.35. The Morgan fingerprint density at radius 2 is 1.74 bits per heavy atom. The summed E-state index contributed by atoms with van der Waals surface area (Å²) in [6.07, 6.45) is 3.92. The Labute approximate surface area is 118 Å². The van der Waals surface area contributed by atoms with E-state index in [1.165, 1.54) is 36.0 Å². The van der Waals surface area contributed by atoms with Gasteiger partial charge in [0, 0.05) is 12.6 Å². The van der Waals surface area contributed by atoms with Crippen molar-refractivity contribution in [2.75, 3.05) is 6.54 Å². The third kappa shape index (κ3) is 4.07. The molecule has 0 bridgehead atoms. The topological polar surface area (TPSA) is 12.0 Å². The van der Waals surface area contributed by atoms with Crippen LogP contribution < -0.4 is 5.32 Å². The second-order valence-electron chi connectivity index (χ2n) is 7.14. The molecule has 1 aliphatic carbocycles. The summed E-state index contributed by atoms with van der Waals surface area (Å²) < 4.78 is 0. The number of rotatable bonds is 6. The van der Waals surface area contributed by atoms with Gasteiger partial charge in [0.25, 0.3) is 0 Å². The lowest BCUT2D eigenvalue weighted by molar-refractivity contribution is 0.206. The molecule has 1 saturated carbocycles. The van der Waals surface area contributed by atoms with Crippen LogP contribution >= 0.6 is 0 Å². The van der Waals surface area contributed by atoms with Gasteiger partial charge >= 0.3 is 0 Å². The number of aryl methyl sites for hydroxylation is 2. The zero-order chi connectivity index (χ0) is 14.0. The van der Waals surface area contributed by atoms with E-state index in [9.17, 15) is 0 Å². The van der Waals surface area contributed by atoms with Gasteiger partial charge in [0.1, 0.15) is 0 Å². The number of hydrogen-bond acceptors (Lipinski definition) is 1. The second kappa shape index (κ2) is 5.66. The van der Waals surface area contributed by atoms with Gasteiger partial charge in [-0.1, -0.05) is 50.1 Å². The summed E-state index contributed by atoms with van der Waals surface area (Å²) in [4.78, 5) is 0. The Morgan fingerprint density at radius 1 is 1.16 bits per heavy atom. The molecule has 1 heteroatoms. The first-order valence-corrected chi connectivity index (χ1v) is 7.69. The van der Waals surface area contributed by atoms with Crippen molar-refractivity contribution in [3.05, 3.63) is 34.9 Å². The lowest BCUT2D eigenvalue weighted by Crippen LogP contribution is -2.38. The summed E-state index contributed by atoms with van der Waals surface area (Å²) in [5.74, 6) is 0.694. The minimum absolute atomic E-state index is 0.350. The molecule has 0 radical (unpaired) electrons. The van der Waals surface area contributed by atoms with Crippen LogP contribution in [0.15, 0.2) is 18.2 Å². The van der Waals surface area contributed by atoms with Crippen molar-refractivity contribution in [1.82, 2.24) is 5.32 Å². The number of benzene rings is 1. The Kier molecular flexibility index (Phi) is 4.35. The van der Waals surface area contributed by atoms with Gasteiger partial charge in [-0.25, -0.2) is 0 Å². The van der Waals surface area contributed by atoms with Crippen molar-refractivity contribution in [1.29, 1.82) is 0 Å². The minimum atomic E-state index is 0.350. The van der Waals surface area contributed by atoms with Crippen molar-refractivity contribution in [2.24, 2.45) is 11.3 Å². The summed E-state index contributed by atoms with van der Waals surface area (Å²) in [5, 5.41) is 3.73. The van der Waals surface area contributed by atoms with Crippen LogP contribution in [-0.2, 0) is 6.42 Å². The van der Waals surface area contributed by atoms with Gasteiger partial charge in [-0.05, 0) is 50.0 Å². The molecule has 1 aromatic rings. The number of nitrogens with one attached hydrogen (secondary N) is 1. The highest BCUT2D eigenvalue weighted by Crippen LogP contribution is 2.32. The predicted octanol–water partition coefficient (Wildman–Crippen LogP) is 4.26. The van der Waals surface area contributed by atoms with Crippen LogP contribution in [0, 0.1) is 25.2 Å². The van der Waals surface area contributed by atoms with E-state index < -0.39 is 0 Å². The molecule has 0 aliphatic heterocycles. The van der Waals surface area contributed by atoms with Gasteiger partial charge in [0.2, 0.25) is 0 Å². The standard InChI is InChI=1S/C18H29N/c1-13(2)18(5,12-19-17-6-7-17)11-16-9-14(3)8-15(4)10-16/h8-10,13,17,19H,6-7,11-12H2,1-5H3. The van der Waals surface area contributed by atoms with Gasteiger partial charge in [0.15, 0.2) is 0 Å². The molecule has 1 N–H and O–H groups in total. The minimum Gasteiger partial charge on any atom is -0.313 e. The fourth-order valence-corrected chi connectivity index (χ4v) is 2.77. The molecule has 0 heterocycles. The molecule has 1 aliphatic rings. The molecule has 0 spiro atoms. The number of hydrogen-bond donors (Lipinski definition) is 1. The third-order valence-corrected chi connectivity index (χ3v) is 4.66. The summed E-state index contributed by atoms with van der Waals surface area (Å²) in [7, 11) is 0. The van der Waals surface area contributed by atoms with Gasteiger partial charge in [0.05, 0.1) is 0 Å². The third-order valence-electron chi connectivity index (χ3n) is 4.66. The lowest BCUT2D eigenvalue weighted by atomic mass is 9.74. The SMILES string of the molecule is Cc1cc(C)cc(CC(C)(CNC2CC2)C(C)C)c1. The highest BCUT2D eigenvalue weighted by Gasteiger charge is 2.31. The summed E-state index contributed by atoms with van der Waals surface area (Å²) >= 11 is 0. The van der Waals surface area contributed by atoms with E-state index in [0.717, 1.165) is 12.6 Å². The molecule has 0 saturated heterocycles. The van der Waals surface area contributed by atoms with Crippen LogP contribution in [-0.4, -0.2) is 12.6 Å². The molecule has 0 aromatic heterocycles. The van der Waals surface area contributed by atoms with E-state index in [0.29, 0.717) is 11.3 Å². The molecule has 19 heavy (non-hydrogen) atoms. The molecular formula is C18H29N. The van der Waals surface area contributed by atoms with E-state index in [-0.39, 0.29) is 0 Å². The van der Waals surface area contributed by atoms with E-state index in [4.69, 9.17) is 0 Å². The highest BCUT2D eigenvalue weighted by atomic mass is 15.0. The molecule has 0 amide bonds. The Hall–Kier alpha value is -0.820. The summed E-state index contributed by atoms with van der Waals surface area (Å²) in [6.45, 7) is 12.7. The molecule has 1 fully saturated rings. The largest absolute Gasteiger partial charge is 0.313 e. The maximum Gasteiger partial charge on any atom is 0.00684 e. The van der Waals surface area contributed by atoms with Crippen LogP contribution in [0.3, 0.4) is 0 Å². The van der Waals surface area contributed by atoms with Crippen LogP contribution in [0.4, 0.5) is 0 Å². The van der Waals surface area contributed by atoms with Crippen LogP contribution in [0.1, 0.15) is 50.3 Å².